The standard InChI is InChI=1S/C18H20FNO2/c1-13(2)14-7-3-5-9-16(14)20-18(21)11-12-22-17-10-6-4-8-15(17)19/h3-10,13H,11-12H2,1-2H3,(H,20,21). The molecule has 22 heavy (non-hydrogen) atoms. The Morgan fingerprint density at radius 2 is 1.82 bits per heavy atom. The number of hydrogen-bond donors (Lipinski definition) is 1. The first-order valence-electron chi connectivity index (χ1n) is 7.34. The van der Waals surface area contributed by atoms with Crippen molar-refractivity contribution in [1.29, 1.82) is 0 Å². The molecule has 3 nitrogen and oxygen atoms in total. The molecule has 0 aliphatic heterocycles. The third kappa shape index (κ3) is 4.32. The third-order valence-electron chi connectivity index (χ3n) is 3.28. The first kappa shape index (κ1) is 16.0. The number of carbonyl (C=O) groups excluding carboxylic acids is 1. The van der Waals surface area contributed by atoms with E-state index >= 15 is 0 Å². The molecule has 0 aromatic heterocycles. The summed E-state index contributed by atoms with van der Waals surface area (Å²) in [5, 5.41) is 2.88. The SMILES string of the molecule is CC(C)c1ccccc1NC(=O)CCOc1ccccc1F. The van der Waals surface area contributed by atoms with Crippen LogP contribution in [0.3, 0.4) is 0 Å². The number of para-hydroxylation sites is 2. The molecule has 116 valence electrons. The first-order valence-corrected chi connectivity index (χ1v) is 7.34. The highest BCUT2D eigenvalue weighted by atomic mass is 19.1. The third-order valence-corrected chi connectivity index (χ3v) is 3.28. The van der Waals surface area contributed by atoms with Crippen LogP contribution in [0, 0.1) is 5.82 Å². The number of nitrogens with one attached hydrogen (secondary N) is 1. The summed E-state index contributed by atoms with van der Waals surface area (Å²) in [6.45, 7) is 4.29. The molecule has 0 atom stereocenters. The first-order chi connectivity index (χ1) is 10.6. The van der Waals surface area contributed by atoms with Crippen molar-refractivity contribution < 1.29 is 13.9 Å². The molecular weight excluding hydrogens is 281 g/mol. The molecular formula is C18H20FNO2. The molecule has 2 aromatic rings. The predicted octanol–water partition coefficient (Wildman–Crippen LogP) is 4.36. The van der Waals surface area contributed by atoms with Gasteiger partial charge in [0.1, 0.15) is 0 Å². The van der Waals surface area contributed by atoms with Gasteiger partial charge in [0.2, 0.25) is 5.91 Å². The lowest BCUT2D eigenvalue weighted by molar-refractivity contribution is -0.116. The lowest BCUT2D eigenvalue weighted by Crippen LogP contribution is -2.16. The Labute approximate surface area is 130 Å². The molecule has 1 amide bonds. The van der Waals surface area contributed by atoms with Gasteiger partial charge in [-0.15, -0.1) is 0 Å². The second-order valence-corrected chi connectivity index (χ2v) is 5.32. The van der Waals surface area contributed by atoms with E-state index in [1.54, 1.807) is 18.2 Å². The zero-order chi connectivity index (χ0) is 15.9. The fourth-order valence-electron chi connectivity index (χ4n) is 2.14. The van der Waals surface area contributed by atoms with Gasteiger partial charge in [0.15, 0.2) is 11.6 Å². The van der Waals surface area contributed by atoms with Gasteiger partial charge in [0.25, 0.3) is 0 Å². The van der Waals surface area contributed by atoms with Crippen LogP contribution in [0.15, 0.2) is 48.5 Å². The predicted molar refractivity (Wildman–Crippen MR) is 85.7 cm³/mol. The van der Waals surface area contributed by atoms with Gasteiger partial charge in [-0.1, -0.05) is 44.2 Å². The van der Waals surface area contributed by atoms with Gasteiger partial charge >= 0.3 is 0 Å². The molecule has 4 heteroatoms. The molecule has 0 spiro atoms. The van der Waals surface area contributed by atoms with Crippen LogP contribution in [0.25, 0.3) is 0 Å². The monoisotopic (exact) mass is 301 g/mol. The van der Waals surface area contributed by atoms with Crippen LogP contribution in [0.1, 0.15) is 31.7 Å². The molecule has 0 aliphatic rings. The van der Waals surface area contributed by atoms with E-state index in [2.05, 4.69) is 19.2 Å². The van der Waals surface area contributed by atoms with Gasteiger partial charge in [-0.05, 0) is 29.7 Å². The van der Waals surface area contributed by atoms with Crippen LogP contribution in [0.5, 0.6) is 5.75 Å². The Bertz CT molecular complexity index is 640. The second-order valence-electron chi connectivity index (χ2n) is 5.32. The molecule has 2 rings (SSSR count). The number of hydrogen-bond acceptors (Lipinski definition) is 2. The van der Waals surface area contributed by atoms with Crippen LogP contribution in [-0.4, -0.2) is 12.5 Å². The topological polar surface area (TPSA) is 38.3 Å². The summed E-state index contributed by atoms with van der Waals surface area (Å²) in [4.78, 5) is 12.0. The molecule has 1 N–H and O–H groups in total. The molecule has 0 bridgehead atoms. The van der Waals surface area contributed by atoms with Gasteiger partial charge in [-0.2, -0.15) is 0 Å². The highest BCUT2D eigenvalue weighted by Crippen LogP contribution is 2.23. The zero-order valence-electron chi connectivity index (χ0n) is 12.8. The Morgan fingerprint density at radius 1 is 1.14 bits per heavy atom. The molecule has 0 saturated carbocycles. The van der Waals surface area contributed by atoms with Crippen molar-refractivity contribution >= 4 is 11.6 Å². The maximum Gasteiger partial charge on any atom is 0.227 e. The Balaban J connectivity index is 1.88. The smallest absolute Gasteiger partial charge is 0.227 e. The second kappa shape index (κ2) is 7.59. The largest absolute Gasteiger partial charge is 0.490 e. The lowest BCUT2D eigenvalue weighted by Gasteiger charge is -2.13. The molecule has 0 heterocycles. The van der Waals surface area contributed by atoms with E-state index in [0.29, 0.717) is 5.92 Å². The Morgan fingerprint density at radius 3 is 2.55 bits per heavy atom. The molecule has 0 saturated heterocycles. The molecule has 0 radical (unpaired) electrons. The van der Waals surface area contributed by atoms with Gasteiger partial charge in [-0.25, -0.2) is 4.39 Å². The number of rotatable bonds is 6. The molecule has 0 unspecified atom stereocenters. The average molecular weight is 301 g/mol. The van der Waals surface area contributed by atoms with E-state index < -0.39 is 5.82 Å². The van der Waals surface area contributed by atoms with Crippen LogP contribution < -0.4 is 10.1 Å². The van der Waals surface area contributed by atoms with Gasteiger partial charge in [0.05, 0.1) is 13.0 Å². The summed E-state index contributed by atoms with van der Waals surface area (Å²) in [7, 11) is 0. The average Bonchev–Trinajstić information content (AvgIpc) is 2.49. The highest BCUT2D eigenvalue weighted by Gasteiger charge is 2.09. The van der Waals surface area contributed by atoms with Crippen molar-refractivity contribution in [2.45, 2.75) is 26.2 Å². The Kier molecular flexibility index (Phi) is 5.53. The molecule has 0 fully saturated rings. The summed E-state index contributed by atoms with van der Waals surface area (Å²) in [6.07, 6.45) is 0.167. The van der Waals surface area contributed by atoms with Gasteiger partial charge < -0.3 is 10.1 Å². The normalized spacial score (nSPS) is 10.5. The summed E-state index contributed by atoms with van der Waals surface area (Å²) >= 11 is 0. The number of halogens is 1. The Hall–Kier alpha value is -2.36. The van der Waals surface area contributed by atoms with E-state index in [4.69, 9.17) is 4.74 Å². The van der Waals surface area contributed by atoms with E-state index in [0.717, 1.165) is 11.3 Å². The summed E-state index contributed by atoms with van der Waals surface area (Å²) in [6, 6.07) is 13.9. The van der Waals surface area contributed by atoms with E-state index in [1.165, 1.54) is 6.07 Å². The minimum absolute atomic E-state index is 0.136. The minimum atomic E-state index is -0.423. The number of carbonyl (C=O) groups is 1. The van der Waals surface area contributed by atoms with Gasteiger partial charge in [0, 0.05) is 5.69 Å². The maximum atomic E-state index is 13.4. The summed E-state index contributed by atoms with van der Waals surface area (Å²) in [5.41, 5.74) is 1.90. The van der Waals surface area contributed by atoms with Crippen LogP contribution in [-0.2, 0) is 4.79 Å². The van der Waals surface area contributed by atoms with E-state index in [1.807, 2.05) is 24.3 Å². The number of amides is 1. The van der Waals surface area contributed by atoms with Crippen molar-refractivity contribution in [2.75, 3.05) is 11.9 Å². The molecule has 2 aromatic carbocycles. The zero-order valence-corrected chi connectivity index (χ0v) is 12.8. The lowest BCUT2D eigenvalue weighted by atomic mass is 10.0. The van der Waals surface area contributed by atoms with E-state index in [-0.39, 0.29) is 24.7 Å². The van der Waals surface area contributed by atoms with Crippen molar-refractivity contribution in [1.82, 2.24) is 0 Å². The summed E-state index contributed by atoms with van der Waals surface area (Å²) < 4.78 is 18.7. The van der Waals surface area contributed by atoms with Crippen molar-refractivity contribution in [3.8, 4) is 5.75 Å². The van der Waals surface area contributed by atoms with Crippen LogP contribution in [0.4, 0.5) is 10.1 Å². The quantitative estimate of drug-likeness (QED) is 0.861. The number of anilines is 1. The fraction of sp³-hybridized carbons (Fsp3) is 0.278. The number of benzene rings is 2. The van der Waals surface area contributed by atoms with Crippen LogP contribution >= 0.6 is 0 Å². The van der Waals surface area contributed by atoms with Crippen molar-refractivity contribution in [3.05, 3.63) is 59.9 Å². The number of ether oxygens (including phenoxy) is 1. The highest BCUT2D eigenvalue weighted by molar-refractivity contribution is 5.91. The minimum Gasteiger partial charge on any atom is -0.490 e. The van der Waals surface area contributed by atoms with Crippen LogP contribution in [0.2, 0.25) is 0 Å². The van der Waals surface area contributed by atoms with E-state index in [9.17, 15) is 9.18 Å². The summed E-state index contributed by atoms with van der Waals surface area (Å²) in [5.74, 6) is -0.0819. The van der Waals surface area contributed by atoms with Crippen molar-refractivity contribution in [3.63, 3.8) is 0 Å². The molecule has 0 aliphatic carbocycles. The van der Waals surface area contributed by atoms with Gasteiger partial charge in [-0.3, -0.25) is 4.79 Å². The maximum absolute atomic E-state index is 13.4. The fourth-order valence-corrected chi connectivity index (χ4v) is 2.14. The van der Waals surface area contributed by atoms with Crippen molar-refractivity contribution in [2.24, 2.45) is 0 Å².